The van der Waals surface area contributed by atoms with Crippen LogP contribution in [0.2, 0.25) is 0 Å². The van der Waals surface area contributed by atoms with Gasteiger partial charge in [0.1, 0.15) is 5.52 Å². The van der Waals surface area contributed by atoms with Crippen LogP contribution in [-0.2, 0) is 0 Å². The Labute approximate surface area is 132 Å². The second kappa shape index (κ2) is 6.46. The number of nitrogens with zero attached hydrogens (tertiary/aromatic N) is 3. The van der Waals surface area contributed by atoms with E-state index in [0.717, 1.165) is 67.5 Å². The summed E-state index contributed by atoms with van der Waals surface area (Å²) >= 11 is 0. The number of oxazole rings is 1. The normalized spacial score (nSPS) is 14.9. The fourth-order valence-electron chi connectivity index (χ4n) is 3.18. The van der Waals surface area contributed by atoms with E-state index in [1.54, 1.807) is 0 Å². The van der Waals surface area contributed by atoms with Gasteiger partial charge < -0.3 is 20.0 Å². The van der Waals surface area contributed by atoms with Gasteiger partial charge in [-0.3, -0.25) is 0 Å². The smallest absolute Gasteiger partial charge is 0.298 e. The first-order chi connectivity index (χ1) is 10.7. The molecule has 0 atom stereocenters. The van der Waals surface area contributed by atoms with Crippen molar-refractivity contribution in [1.82, 2.24) is 4.98 Å². The Balaban J connectivity index is 1.94. The molecule has 22 heavy (non-hydrogen) atoms. The lowest BCUT2D eigenvalue weighted by Crippen LogP contribution is -2.25. The summed E-state index contributed by atoms with van der Waals surface area (Å²) in [5, 5.41) is 0. The third kappa shape index (κ3) is 2.85. The number of aromatic nitrogens is 1. The van der Waals surface area contributed by atoms with Gasteiger partial charge in [0.05, 0.1) is 11.4 Å². The zero-order valence-electron chi connectivity index (χ0n) is 13.6. The van der Waals surface area contributed by atoms with E-state index in [-0.39, 0.29) is 0 Å². The van der Waals surface area contributed by atoms with Gasteiger partial charge in [-0.05, 0) is 31.7 Å². The summed E-state index contributed by atoms with van der Waals surface area (Å²) in [5.74, 6) is 0. The molecule has 0 unspecified atom stereocenters. The predicted octanol–water partition coefficient (Wildman–Crippen LogP) is 3.64. The zero-order valence-corrected chi connectivity index (χ0v) is 13.6. The molecular weight excluding hydrogens is 276 g/mol. The van der Waals surface area contributed by atoms with Crippen LogP contribution in [0.4, 0.5) is 17.4 Å². The van der Waals surface area contributed by atoms with Crippen LogP contribution in [0.5, 0.6) is 0 Å². The van der Waals surface area contributed by atoms with E-state index < -0.39 is 0 Å². The third-order valence-electron chi connectivity index (χ3n) is 4.23. The number of hydrogen-bond acceptors (Lipinski definition) is 5. The van der Waals surface area contributed by atoms with Crippen molar-refractivity contribution in [3.63, 3.8) is 0 Å². The van der Waals surface area contributed by atoms with Crippen LogP contribution in [0.3, 0.4) is 0 Å². The Morgan fingerprint density at radius 3 is 2.50 bits per heavy atom. The van der Waals surface area contributed by atoms with Crippen molar-refractivity contribution in [1.29, 1.82) is 0 Å². The first kappa shape index (κ1) is 15.0. The number of benzene rings is 1. The lowest BCUT2D eigenvalue weighted by molar-refractivity contribution is 0.561. The highest BCUT2D eigenvalue weighted by atomic mass is 16.4. The van der Waals surface area contributed by atoms with E-state index in [1.807, 2.05) is 6.07 Å². The van der Waals surface area contributed by atoms with Gasteiger partial charge in [0.25, 0.3) is 6.01 Å². The number of fused-ring (bicyclic) bond motifs is 1. The third-order valence-corrected chi connectivity index (χ3v) is 4.23. The lowest BCUT2D eigenvalue weighted by Gasteiger charge is -2.19. The summed E-state index contributed by atoms with van der Waals surface area (Å²) < 4.78 is 5.95. The van der Waals surface area contributed by atoms with Gasteiger partial charge in [-0.15, -0.1) is 0 Å². The van der Waals surface area contributed by atoms with E-state index in [9.17, 15) is 0 Å². The average Bonchev–Trinajstić information content (AvgIpc) is 3.14. The van der Waals surface area contributed by atoms with E-state index in [0.29, 0.717) is 0 Å². The molecule has 0 saturated carbocycles. The van der Waals surface area contributed by atoms with Crippen LogP contribution in [-0.4, -0.2) is 31.2 Å². The van der Waals surface area contributed by atoms with E-state index in [1.165, 1.54) is 12.8 Å². The molecule has 1 aromatic carbocycles. The molecule has 1 saturated heterocycles. The summed E-state index contributed by atoms with van der Waals surface area (Å²) in [4.78, 5) is 9.26. The molecule has 1 aromatic heterocycles. The molecule has 1 fully saturated rings. The number of nitrogens with two attached hydrogens (primary N) is 1. The van der Waals surface area contributed by atoms with Crippen molar-refractivity contribution < 1.29 is 4.42 Å². The van der Waals surface area contributed by atoms with Crippen molar-refractivity contribution >= 4 is 28.5 Å². The molecule has 0 spiro atoms. The Morgan fingerprint density at radius 1 is 1.18 bits per heavy atom. The number of anilines is 3. The van der Waals surface area contributed by atoms with E-state index in [2.05, 4.69) is 29.7 Å². The van der Waals surface area contributed by atoms with Gasteiger partial charge in [0.2, 0.25) is 0 Å². The summed E-state index contributed by atoms with van der Waals surface area (Å²) in [5.41, 5.74) is 9.80. The average molecular weight is 302 g/mol. The topological polar surface area (TPSA) is 58.5 Å². The SMILES string of the molecule is CCCN(CCC)c1nc2cc(N3CCCC3)c(N)cc2o1. The molecule has 0 amide bonds. The second-order valence-electron chi connectivity index (χ2n) is 6.06. The first-order valence-electron chi connectivity index (χ1n) is 8.43. The van der Waals surface area contributed by atoms with Crippen LogP contribution in [0, 0.1) is 0 Å². The highest BCUT2D eigenvalue weighted by Gasteiger charge is 2.19. The Morgan fingerprint density at radius 2 is 1.86 bits per heavy atom. The van der Waals surface area contributed by atoms with Crippen LogP contribution in [0.15, 0.2) is 16.5 Å². The maximum absolute atomic E-state index is 6.23. The quantitative estimate of drug-likeness (QED) is 0.826. The van der Waals surface area contributed by atoms with Crippen LogP contribution >= 0.6 is 0 Å². The van der Waals surface area contributed by atoms with E-state index >= 15 is 0 Å². The minimum absolute atomic E-state index is 0.719. The van der Waals surface area contributed by atoms with Crippen LogP contribution < -0.4 is 15.5 Å². The fourth-order valence-corrected chi connectivity index (χ4v) is 3.18. The van der Waals surface area contributed by atoms with E-state index in [4.69, 9.17) is 15.1 Å². The molecule has 2 N–H and O–H groups in total. The fraction of sp³-hybridized carbons (Fsp3) is 0.588. The molecule has 120 valence electrons. The largest absolute Gasteiger partial charge is 0.423 e. The van der Waals surface area contributed by atoms with Gasteiger partial charge in [0.15, 0.2) is 5.58 Å². The van der Waals surface area contributed by atoms with Crippen molar-refractivity contribution in [3.8, 4) is 0 Å². The van der Waals surface area contributed by atoms with Gasteiger partial charge >= 0.3 is 0 Å². The summed E-state index contributed by atoms with van der Waals surface area (Å²) in [6.45, 7) is 8.45. The number of nitrogen functional groups attached to an aromatic ring is 1. The Hall–Kier alpha value is -1.91. The molecule has 2 heterocycles. The van der Waals surface area contributed by atoms with Gasteiger partial charge in [-0.25, -0.2) is 0 Å². The molecule has 1 aliphatic heterocycles. The van der Waals surface area contributed by atoms with Gasteiger partial charge in [0, 0.05) is 32.2 Å². The van der Waals surface area contributed by atoms with Crippen molar-refractivity contribution in [2.24, 2.45) is 0 Å². The monoisotopic (exact) mass is 302 g/mol. The van der Waals surface area contributed by atoms with Gasteiger partial charge in [-0.2, -0.15) is 4.98 Å². The molecule has 0 bridgehead atoms. The molecular formula is C17H26N4O. The lowest BCUT2D eigenvalue weighted by atomic mass is 10.2. The number of rotatable bonds is 6. The minimum atomic E-state index is 0.719. The summed E-state index contributed by atoms with van der Waals surface area (Å²) in [7, 11) is 0. The second-order valence-corrected chi connectivity index (χ2v) is 6.06. The standard InChI is InChI=1S/C17H26N4O/c1-3-7-21(8-4-2)17-19-14-12-15(20-9-5-6-10-20)13(18)11-16(14)22-17/h11-12H,3-10,18H2,1-2H3. The molecule has 1 aliphatic rings. The Kier molecular flexibility index (Phi) is 4.41. The summed E-state index contributed by atoms with van der Waals surface area (Å²) in [6.07, 6.45) is 4.64. The molecule has 3 rings (SSSR count). The highest BCUT2D eigenvalue weighted by Crippen LogP contribution is 2.33. The van der Waals surface area contributed by atoms with Gasteiger partial charge in [-0.1, -0.05) is 13.8 Å². The van der Waals surface area contributed by atoms with Crippen LogP contribution in [0.1, 0.15) is 39.5 Å². The zero-order chi connectivity index (χ0) is 15.5. The molecule has 2 aromatic rings. The minimum Gasteiger partial charge on any atom is -0.423 e. The van der Waals surface area contributed by atoms with Crippen molar-refractivity contribution in [3.05, 3.63) is 12.1 Å². The van der Waals surface area contributed by atoms with Crippen LogP contribution in [0.25, 0.3) is 11.1 Å². The van der Waals surface area contributed by atoms with Crippen molar-refractivity contribution in [2.45, 2.75) is 39.5 Å². The highest BCUT2D eigenvalue weighted by molar-refractivity contribution is 5.87. The molecule has 5 heteroatoms. The Bertz CT molecular complexity index is 625. The summed E-state index contributed by atoms with van der Waals surface area (Å²) in [6, 6.07) is 4.73. The maximum Gasteiger partial charge on any atom is 0.298 e. The maximum atomic E-state index is 6.23. The number of hydrogen-bond donors (Lipinski definition) is 1. The molecule has 0 radical (unpaired) electrons. The predicted molar refractivity (Wildman–Crippen MR) is 92.7 cm³/mol. The molecule has 0 aliphatic carbocycles. The first-order valence-corrected chi connectivity index (χ1v) is 8.43. The van der Waals surface area contributed by atoms with Crippen molar-refractivity contribution in [2.75, 3.05) is 41.7 Å². The molecule has 5 nitrogen and oxygen atoms in total.